The summed E-state index contributed by atoms with van der Waals surface area (Å²) in [6.45, 7) is 0. The summed E-state index contributed by atoms with van der Waals surface area (Å²) < 4.78 is 0. The van der Waals surface area contributed by atoms with Gasteiger partial charge in [-0.25, -0.2) is 0 Å². The smallest absolute Gasteiger partial charge is 0.110 e. The fourth-order valence-corrected chi connectivity index (χ4v) is 4.20. The lowest BCUT2D eigenvalue weighted by molar-refractivity contribution is 0.141. The van der Waals surface area contributed by atoms with Gasteiger partial charge < -0.3 is 0 Å². The summed E-state index contributed by atoms with van der Waals surface area (Å²) in [4.78, 5) is 0. The van der Waals surface area contributed by atoms with Gasteiger partial charge in [-0.05, 0) is 42.8 Å². The second-order valence-electron chi connectivity index (χ2n) is 5.17. The molecule has 3 unspecified atom stereocenters. The molecule has 5 rings (SSSR count). The van der Waals surface area contributed by atoms with Gasteiger partial charge in [-0.2, -0.15) is 0 Å². The molecule has 56 valence electrons. The maximum Gasteiger partial charge on any atom is 0.133 e. The van der Waals surface area contributed by atoms with Crippen molar-refractivity contribution in [2.75, 3.05) is 0 Å². The lowest BCUT2D eigenvalue weighted by Gasteiger charge is -2.61. The van der Waals surface area contributed by atoms with Crippen molar-refractivity contribution in [3.05, 3.63) is 11.0 Å². The largest absolute Gasteiger partial charge is 0.133 e. The number of hydrogen-bond acceptors (Lipinski definition) is 0. The minimum atomic E-state index is 0.690. The number of rotatable bonds is 0. The second-order valence-corrected chi connectivity index (χ2v) is 5.17. The first kappa shape index (κ1) is 6.39. The Bertz CT molecular complexity index is 256. The zero-order chi connectivity index (χ0) is 7.64. The predicted molar refractivity (Wildman–Crippen MR) is 52.3 cm³/mol. The Morgan fingerprint density at radius 2 is 2.18 bits per heavy atom. The fraction of sp³-hybridized carbons (Fsp3) is 0.778. The van der Waals surface area contributed by atoms with Crippen molar-refractivity contribution in [1.29, 1.82) is 0 Å². The standard InChI is InChI=1S/C9H14B2/c10-7-2-5-1-6-4-9(11,3-5)8(6)7/h5-6H,1-4,10-11H2. The number of hydrogen-bond donors (Lipinski definition) is 0. The first-order chi connectivity index (χ1) is 5.19. The van der Waals surface area contributed by atoms with Crippen LogP contribution in [0.2, 0.25) is 5.31 Å². The van der Waals surface area contributed by atoms with E-state index in [2.05, 4.69) is 15.7 Å². The fourth-order valence-electron chi connectivity index (χ4n) is 4.20. The van der Waals surface area contributed by atoms with Crippen molar-refractivity contribution in [1.82, 2.24) is 0 Å². The molecule has 3 atom stereocenters. The maximum absolute atomic E-state index is 2.48. The van der Waals surface area contributed by atoms with Crippen molar-refractivity contribution >= 4 is 15.7 Å². The van der Waals surface area contributed by atoms with Gasteiger partial charge in [0.25, 0.3) is 0 Å². The third kappa shape index (κ3) is 0.602. The molecule has 5 aliphatic carbocycles. The highest BCUT2D eigenvalue weighted by atomic mass is 14.6. The van der Waals surface area contributed by atoms with E-state index in [1.165, 1.54) is 25.7 Å². The Morgan fingerprint density at radius 3 is 2.64 bits per heavy atom. The zero-order valence-corrected chi connectivity index (χ0v) is 7.48. The van der Waals surface area contributed by atoms with Crippen molar-refractivity contribution in [2.24, 2.45) is 11.8 Å². The van der Waals surface area contributed by atoms with Crippen LogP contribution in [0.15, 0.2) is 11.0 Å². The van der Waals surface area contributed by atoms with Crippen LogP contribution in [-0.2, 0) is 0 Å². The van der Waals surface area contributed by atoms with Gasteiger partial charge in [0.1, 0.15) is 15.7 Å². The molecule has 0 amide bonds. The highest BCUT2D eigenvalue weighted by Crippen LogP contribution is 2.69. The molecule has 0 saturated heterocycles. The van der Waals surface area contributed by atoms with Gasteiger partial charge in [0.15, 0.2) is 0 Å². The van der Waals surface area contributed by atoms with E-state index in [-0.39, 0.29) is 0 Å². The molecule has 3 saturated carbocycles. The molecule has 0 aromatic heterocycles. The molecule has 0 aliphatic heterocycles. The maximum atomic E-state index is 2.48. The molecule has 2 heteroatoms. The van der Waals surface area contributed by atoms with Crippen LogP contribution in [0.5, 0.6) is 0 Å². The molecule has 0 aromatic rings. The molecule has 0 nitrogen and oxygen atoms in total. The third-order valence-electron chi connectivity index (χ3n) is 4.17. The number of fused-ring (bicyclic) bond motifs is 1. The Kier molecular flexibility index (Phi) is 0.944. The quantitative estimate of drug-likeness (QED) is 0.434. The lowest BCUT2D eigenvalue weighted by atomic mass is 9.35. The normalized spacial score (nSPS) is 52.7. The van der Waals surface area contributed by atoms with Crippen LogP contribution in [0.25, 0.3) is 0 Å². The first-order valence-corrected chi connectivity index (χ1v) is 4.89. The molecular formula is C9H14B2. The minimum absolute atomic E-state index is 0.690. The molecule has 0 heterocycles. The van der Waals surface area contributed by atoms with E-state index in [0.717, 1.165) is 11.8 Å². The molecule has 0 N–H and O–H groups in total. The highest BCUT2D eigenvalue weighted by molar-refractivity contribution is 6.26. The van der Waals surface area contributed by atoms with Crippen LogP contribution in [0.1, 0.15) is 25.7 Å². The van der Waals surface area contributed by atoms with Crippen LogP contribution >= 0.6 is 0 Å². The van der Waals surface area contributed by atoms with Gasteiger partial charge >= 0.3 is 0 Å². The van der Waals surface area contributed by atoms with Gasteiger partial charge in [-0.1, -0.05) is 5.57 Å². The van der Waals surface area contributed by atoms with Gasteiger partial charge in [-0.15, -0.1) is 5.47 Å². The van der Waals surface area contributed by atoms with E-state index in [1.54, 1.807) is 5.47 Å². The zero-order valence-electron chi connectivity index (χ0n) is 7.48. The average Bonchev–Trinajstić information content (AvgIpc) is 1.81. The van der Waals surface area contributed by atoms with Crippen LogP contribution in [-0.4, -0.2) is 15.7 Å². The van der Waals surface area contributed by atoms with Gasteiger partial charge in [-0.3, -0.25) is 0 Å². The minimum Gasteiger partial charge on any atom is -0.110 e. The van der Waals surface area contributed by atoms with Crippen LogP contribution in [0, 0.1) is 11.8 Å². The molecule has 0 spiro atoms. The Morgan fingerprint density at radius 1 is 1.36 bits per heavy atom. The molecule has 11 heavy (non-hydrogen) atoms. The van der Waals surface area contributed by atoms with Crippen LogP contribution in [0.4, 0.5) is 0 Å². The van der Waals surface area contributed by atoms with E-state index in [0.29, 0.717) is 5.31 Å². The van der Waals surface area contributed by atoms with E-state index < -0.39 is 0 Å². The van der Waals surface area contributed by atoms with Crippen molar-refractivity contribution in [3.8, 4) is 0 Å². The Labute approximate surface area is 70.3 Å². The predicted octanol–water partition coefficient (Wildman–Crippen LogP) is 0.499. The molecular weight excluding hydrogens is 130 g/mol. The summed E-state index contributed by atoms with van der Waals surface area (Å²) in [6.07, 6.45) is 5.98. The van der Waals surface area contributed by atoms with Crippen molar-refractivity contribution in [2.45, 2.75) is 31.0 Å². The molecule has 3 fully saturated rings. The summed E-state index contributed by atoms with van der Waals surface area (Å²) in [6, 6.07) is 0. The summed E-state index contributed by atoms with van der Waals surface area (Å²) in [5.74, 6) is 2.10. The Hall–Kier alpha value is -0.130. The number of allylic oxidation sites excluding steroid dienone is 2. The lowest BCUT2D eigenvalue weighted by Crippen LogP contribution is -2.47. The SMILES string of the molecule is BC1=C2C3CC(C1)CC2(B)C3. The molecule has 0 aromatic carbocycles. The van der Waals surface area contributed by atoms with Crippen LogP contribution in [0.3, 0.4) is 0 Å². The summed E-state index contributed by atoms with van der Waals surface area (Å²) >= 11 is 0. The van der Waals surface area contributed by atoms with Crippen LogP contribution < -0.4 is 0 Å². The monoisotopic (exact) mass is 144 g/mol. The highest BCUT2D eigenvalue weighted by Gasteiger charge is 2.54. The topological polar surface area (TPSA) is 0 Å². The first-order valence-electron chi connectivity index (χ1n) is 4.89. The van der Waals surface area contributed by atoms with Gasteiger partial charge in [0.2, 0.25) is 0 Å². The third-order valence-corrected chi connectivity index (χ3v) is 4.17. The summed E-state index contributed by atoms with van der Waals surface area (Å²) in [5, 5.41) is 0.690. The molecule has 4 bridgehead atoms. The van der Waals surface area contributed by atoms with Gasteiger partial charge in [0.05, 0.1) is 0 Å². The second kappa shape index (κ2) is 1.62. The summed E-state index contributed by atoms with van der Waals surface area (Å²) in [5.41, 5.74) is 3.63. The Balaban J connectivity index is 2.14. The van der Waals surface area contributed by atoms with E-state index in [9.17, 15) is 0 Å². The van der Waals surface area contributed by atoms with Gasteiger partial charge in [0, 0.05) is 0 Å². The average molecular weight is 144 g/mol. The van der Waals surface area contributed by atoms with Crippen molar-refractivity contribution in [3.63, 3.8) is 0 Å². The summed E-state index contributed by atoms with van der Waals surface area (Å²) in [7, 11) is 4.85. The van der Waals surface area contributed by atoms with E-state index in [4.69, 9.17) is 0 Å². The van der Waals surface area contributed by atoms with Crippen molar-refractivity contribution < 1.29 is 0 Å². The van der Waals surface area contributed by atoms with E-state index >= 15 is 0 Å². The van der Waals surface area contributed by atoms with E-state index in [1.807, 2.05) is 5.57 Å². The molecule has 0 radical (unpaired) electrons. The molecule has 5 aliphatic rings.